The largest absolute Gasteiger partial charge is 0.238 e. The Balaban J connectivity index is 0.00000480. The molecule has 1 aliphatic heterocycles. The van der Waals surface area contributed by atoms with Gasteiger partial charge >= 0.3 is 0 Å². The zero-order chi connectivity index (χ0) is 31.8. The van der Waals surface area contributed by atoms with Crippen LogP contribution >= 0.6 is 11.6 Å². The molecule has 1 atom stereocenters. The van der Waals surface area contributed by atoms with Gasteiger partial charge in [-0.25, -0.2) is 24.4 Å². The van der Waals surface area contributed by atoms with Gasteiger partial charge in [-0.15, -0.1) is 0 Å². The molecule has 1 unspecified atom stereocenters. The smallest absolute Gasteiger partial charge is 0.148 e. The number of unbranched alkanes of at least 4 members (excludes halogenated alkanes) is 6. The van der Waals surface area contributed by atoms with Crippen molar-refractivity contribution in [2.75, 3.05) is 0 Å². The zero-order valence-electron chi connectivity index (χ0n) is 26.3. The first-order valence-corrected chi connectivity index (χ1v) is 16.4. The van der Waals surface area contributed by atoms with E-state index in [1.807, 2.05) is 60.7 Å². The molecule has 1 aliphatic rings. The normalized spacial score (nSPS) is 13.7. The van der Waals surface area contributed by atoms with Crippen molar-refractivity contribution in [3.63, 3.8) is 0 Å². The molecule has 235 valence electrons. The molecule has 0 bridgehead atoms. The van der Waals surface area contributed by atoms with Gasteiger partial charge in [0.25, 0.3) is 0 Å². The van der Waals surface area contributed by atoms with E-state index in [0.717, 1.165) is 79.2 Å². The van der Waals surface area contributed by atoms with E-state index in [1.165, 1.54) is 0 Å². The minimum absolute atomic E-state index is 0. The van der Waals surface area contributed by atoms with Gasteiger partial charge in [0.2, 0.25) is 0 Å². The molecule has 0 aliphatic carbocycles. The minimum atomic E-state index is -0.416. The van der Waals surface area contributed by atoms with Crippen LogP contribution in [0.2, 0.25) is 5.15 Å². The first-order chi connectivity index (χ1) is 22.1. The summed E-state index contributed by atoms with van der Waals surface area (Å²) in [5, 5.41) is 1.72. The molecule has 1 radical (unpaired) electrons. The van der Waals surface area contributed by atoms with Crippen molar-refractivity contribution in [1.82, 2.24) is 4.98 Å². The monoisotopic (exact) mass is 803 g/mol. The number of fused-ring (bicyclic) bond motifs is 3. The number of benzene rings is 3. The molecule has 46 heavy (non-hydrogen) atoms. The average Bonchev–Trinajstić information content (AvgIpc) is 3.08. The summed E-state index contributed by atoms with van der Waals surface area (Å²) in [5.74, 6) is 5.92. The van der Waals surface area contributed by atoms with Crippen LogP contribution in [0.3, 0.4) is 0 Å². The second kappa shape index (κ2) is 16.7. The molecule has 4 aromatic rings. The number of pyridine rings is 1. The maximum atomic E-state index is 13.0. The quantitative estimate of drug-likeness (QED) is 0.103. The van der Waals surface area contributed by atoms with Gasteiger partial charge in [0.15, 0.2) is 0 Å². The molecule has 2 heterocycles. The number of rotatable bonds is 12. The standard InChI is InChI=1S/C39H37ClN2O3.Re/c1-3-5-7-15-21-28-32(25-45)41-37-35(33(28)26-17-11-9-12-18-26)30(23-43)31(24-44)36-34(27-19-13-10-14-20-27)29(22-16-8-6-4-2)39(40)42-38(36)37;/h9-14,17-20,28H,3-8,15-16,21-22H2,1-2H3;. The summed E-state index contributed by atoms with van der Waals surface area (Å²) in [6, 6.07) is 19.3. The second-order valence-electron chi connectivity index (χ2n) is 11.6. The van der Waals surface area contributed by atoms with Gasteiger partial charge in [0.1, 0.15) is 34.2 Å². The molecule has 0 amide bonds. The molecule has 0 fully saturated rings. The molecule has 1 aromatic heterocycles. The first kappa shape index (κ1) is 35.2. The van der Waals surface area contributed by atoms with Crippen LogP contribution in [0.25, 0.3) is 27.6 Å². The van der Waals surface area contributed by atoms with Crippen molar-refractivity contribution in [3.05, 3.63) is 104 Å². The SMILES string of the molecule is CCCCCCc1c(Cl)nc2c3c(c(=C=O)c(=C=O)c2c1-c1ccccc1)=C(c1ccccc1)C(CCCCCC)C(=C=O)N=3.[Re]. The Labute approximate surface area is 288 Å². The van der Waals surface area contributed by atoms with E-state index in [2.05, 4.69) is 31.7 Å². The Morgan fingerprint density at radius 3 is 1.93 bits per heavy atom. The van der Waals surface area contributed by atoms with Crippen molar-refractivity contribution < 1.29 is 34.8 Å². The average molecular weight is 803 g/mol. The summed E-state index contributed by atoms with van der Waals surface area (Å²) < 4.78 is 0. The Morgan fingerprint density at radius 2 is 1.35 bits per heavy atom. The van der Waals surface area contributed by atoms with Crippen molar-refractivity contribution in [2.24, 2.45) is 10.9 Å². The van der Waals surface area contributed by atoms with Crippen LogP contribution in [0.5, 0.6) is 0 Å². The van der Waals surface area contributed by atoms with Gasteiger partial charge in [0.05, 0.1) is 15.8 Å². The van der Waals surface area contributed by atoms with Gasteiger partial charge in [-0.3, -0.25) is 0 Å². The Kier molecular flexibility index (Phi) is 12.8. The molecule has 0 spiro atoms. The fourth-order valence-corrected chi connectivity index (χ4v) is 6.85. The Hall–Kier alpha value is -3.70. The maximum Gasteiger partial charge on any atom is 0.148 e. The van der Waals surface area contributed by atoms with Crippen LogP contribution in [-0.2, 0) is 41.2 Å². The summed E-state index contributed by atoms with van der Waals surface area (Å²) in [4.78, 5) is 48.3. The van der Waals surface area contributed by atoms with Crippen LogP contribution in [0, 0.1) is 5.92 Å². The fourth-order valence-electron chi connectivity index (χ4n) is 6.57. The van der Waals surface area contributed by atoms with Gasteiger partial charge in [-0.1, -0.05) is 131 Å². The number of allylic oxidation sites excluding steroid dienone is 1. The molecule has 5 rings (SSSR count). The summed E-state index contributed by atoms with van der Waals surface area (Å²) in [5.41, 5.74) is 4.56. The van der Waals surface area contributed by atoms with Gasteiger partial charge < -0.3 is 0 Å². The van der Waals surface area contributed by atoms with Crippen LogP contribution < -0.4 is 21.0 Å². The number of carbonyl (C=O) groups excluding carboxylic acids is 3. The maximum absolute atomic E-state index is 13.0. The van der Waals surface area contributed by atoms with Crippen molar-refractivity contribution >= 4 is 45.9 Å². The van der Waals surface area contributed by atoms with Crippen molar-refractivity contribution in [2.45, 2.75) is 78.1 Å². The van der Waals surface area contributed by atoms with E-state index in [1.54, 1.807) is 0 Å². The third kappa shape index (κ3) is 7.00. The van der Waals surface area contributed by atoms with Crippen molar-refractivity contribution in [1.29, 1.82) is 0 Å². The Bertz CT molecular complexity index is 2060. The molecule has 7 heteroatoms. The third-order valence-electron chi connectivity index (χ3n) is 8.72. The first-order valence-electron chi connectivity index (χ1n) is 16.0. The van der Waals surface area contributed by atoms with E-state index in [0.29, 0.717) is 39.5 Å². The number of hydrogen-bond acceptors (Lipinski definition) is 5. The number of nitrogens with zero attached hydrogens (tertiary/aromatic N) is 2. The van der Waals surface area contributed by atoms with Crippen LogP contribution in [0.1, 0.15) is 82.8 Å². The topological polar surface area (TPSA) is 76.5 Å². The summed E-state index contributed by atoms with van der Waals surface area (Å²) in [6.45, 7) is 4.31. The van der Waals surface area contributed by atoms with Gasteiger partial charge in [-0.2, -0.15) is 0 Å². The third-order valence-corrected chi connectivity index (χ3v) is 9.03. The van der Waals surface area contributed by atoms with Gasteiger partial charge in [-0.05, 0) is 47.1 Å². The molecular weight excluding hydrogens is 766 g/mol. The molecule has 3 aromatic carbocycles. The van der Waals surface area contributed by atoms with E-state index in [9.17, 15) is 14.4 Å². The van der Waals surface area contributed by atoms with Crippen LogP contribution in [0.15, 0.2) is 71.4 Å². The number of halogens is 1. The van der Waals surface area contributed by atoms with E-state index in [4.69, 9.17) is 21.6 Å². The summed E-state index contributed by atoms with van der Waals surface area (Å²) >= 11 is 7.01. The predicted molar refractivity (Wildman–Crippen MR) is 180 cm³/mol. The van der Waals surface area contributed by atoms with Crippen LogP contribution in [-0.4, -0.2) is 22.8 Å². The minimum Gasteiger partial charge on any atom is -0.238 e. The molecular formula is C39H37ClN2O3Re. The van der Waals surface area contributed by atoms with E-state index in [-0.39, 0.29) is 36.6 Å². The molecule has 0 saturated carbocycles. The molecule has 5 nitrogen and oxygen atoms in total. The molecule has 0 N–H and O–H groups in total. The molecule has 0 saturated heterocycles. The fraction of sp³-hybridized carbons (Fsp3) is 0.333. The van der Waals surface area contributed by atoms with Gasteiger partial charge in [0, 0.05) is 36.9 Å². The predicted octanol–water partition coefficient (Wildman–Crippen LogP) is 5.82. The van der Waals surface area contributed by atoms with E-state index >= 15 is 0 Å². The second-order valence-corrected chi connectivity index (χ2v) is 12.0. The van der Waals surface area contributed by atoms with Crippen molar-refractivity contribution in [3.8, 4) is 11.1 Å². The number of hydrogen-bond donors (Lipinski definition) is 0. The van der Waals surface area contributed by atoms with Crippen LogP contribution in [0.4, 0.5) is 0 Å². The van der Waals surface area contributed by atoms with E-state index < -0.39 is 5.92 Å². The zero-order valence-corrected chi connectivity index (χ0v) is 29.8. The Morgan fingerprint density at radius 1 is 0.739 bits per heavy atom. The number of aromatic nitrogens is 1. The summed E-state index contributed by atoms with van der Waals surface area (Å²) in [7, 11) is 0. The summed E-state index contributed by atoms with van der Waals surface area (Å²) in [6.07, 6.45) is 9.45.